The van der Waals surface area contributed by atoms with Crippen LogP contribution in [-0.4, -0.2) is 44.3 Å². The van der Waals surface area contributed by atoms with Gasteiger partial charge in [0, 0.05) is 23.1 Å². The Bertz CT molecular complexity index is 1370. The van der Waals surface area contributed by atoms with E-state index in [0.717, 1.165) is 6.07 Å². The monoisotopic (exact) mass is 565 g/mol. The summed E-state index contributed by atoms with van der Waals surface area (Å²) in [5.74, 6) is -1.99. The Morgan fingerprint density at radius 1 is 1.00 bits per heavy atom. The number of hydrogen-bond acceptors (Lipinski definition) is 4. The maximum absolute atomic E-state index is 14.8. The van der Waals surface area contributed by atoms with Crippen molar-refractivity contribution in [1.82, 2.24) is 10.2 Å². The van der Waals surface area contributed by atoms with Crippen LogP contribution in [0.1, 0.15) is 19.4 Å². The molecule has 7 nitrogen and oxygen atoms in total. The molecule has 37 heavy (non-hydrogen) atoms. The third kappa shape index (κ3) is 6.80. The zero-order valence-corrected chi connectivity index (χ0v) is 22.5. The van der Waals surface area contributed by atoms with Gasteiger partial charge in [-0.2, -0.15) is 0 Å². The van der Waals surface area contributed by atoms with E-state index in [4.69, 9.17) is 23.2 Å². The van der Waals surface area contributed by atoms with Crippen LogP contribution >= 0.6 is 23.2 Å². The average Bonchev–Trinajstić information content (AvgIpc) is 2.87. The molecule has 0 spiro atoms. The summed E-state index contributed by atoms with van der Waals surface area (Å²) in [4.78, 5) is 27.5. The highest BCUT2D eigenvalue weighted by molar-refractivity contribution is 7.92. The van der Waals surface area contributed by atoms with Gasteiger partial charge >= 0.3 is 0 Å². The number of carbonyl (C=O) groups excluding carboxylic acids is 2. The normalized spacial score (nSPS) is 12.0. The van der Waals surface area contributed by atoms with Gasteiger partial charge in [0.1, 0.15) is 18.4 Å². The van der Waals surface area contributed by atoms with Crippen molar-refractivity contribution >= 4 is 50.7 Å². The van der Waals surface area contributed by atoms with Crippen LogP contribution in [0.2, 0.25) is 10.0 Å². The number of nitrogens with one attached hydrogen (secondary N) is 1. The van der Waals surface area contributed by atoms with Crippen molar-refractivity contribution in [1.29, 1.82) is 0 Å². The number of sulfonamides is 1. The number of carbonyl (C=O) groups is 2. The molecular formula is C26H26Cl2FN3O4S. The zero-order valence-electron chi connectivity index (χ0n) is 20.2. The molecule has 3 aromatic rings. The fraction of sp³-hybridized carbons (Fsp3) is 0.231. The summed E-state index contributed by atoms with van der Waals surface area (Å²) in [6.45, 7) is 2.72. The highest BCUT2D eigenvalue weighted by atomic mass is 35.5. The standard InChI is InChI=1S/C26H26Cl2FN3O4S/c1-3-30-26(34)18(2)31(16-19-13-14-20(27)15-22(19)28)25(33)17-32(24-12-8-7-11-23(24)29)37(35,36)21-9-5-4-6-10-21/h4-15,18H,3,16-17H2,1-2H3,(H,30,34). The number of halogens is 3. The predicted octanol–water partition coefficient (Wildman–Crippen LogP) is 4.88. The first-order valence-electron chi connectivity index (χ1n) is 11.4. The largest absolute Gasteiger partial charge is 0.355 e. The van der Waals surface area contributed by atoms with Gasteiger partial charge in [0.2, 0.25) is 11.8 Å². The predicted molar refractivity (Wildman–Crippen MR) is 143 cm³/mol. The number of anilines is 1. The van der Waals surface area contributed by atoms with Crippen LogP contribution in [0.4, 0.5) is 10.1 Å². The van der Waals surface area contributed by atoms with Crippen molar-refractivity contribution < 1.29 is 22.4 Å². The molecule has 0 fully saturated rings. The van der Waals surface area contributed by atoms with Crippen LogP contribution in [0.3, 0.4) is 0 Å². The SMILES string of the molecule is CCNC(=O)C(C)N(Cc1ccc(Cl)cc1Cl)C(=O)CN(c1ccccc1F)S(=O)(=O)c1ccccc1. The maximum Gasteiger partial charge on any atom is 0.264 e. The van der Waals surface area contributed by atoms with Gasteiger partial charge in [0.15, 0.2) is 0 Å². The summed E-state index contributed by atoms with van der Waals surface area (Å²) in [6, 6.07) is 16.4. The van der Waals surface area contributed by atoms with E-state index in [1.165, 1.54) is 60.4 Å². The first-order valence-corrected chi connectivity index (χ1v) is 13.6. The van der Waals surface area contributed by atoms with Crippen molar-refractivity contribution in [2.45, 2.75) is 31.3 Å². The van der Waals surface area contributed by atoms with Crippen LogP contribution in [0.15, 0.2) is 77.7 Å². The summed E-state index contributed by atoms with van der Waals surface area (Å²) in [5.41, 5.74) is 0.203. The number of rotatable bonds is 10. The quantitative estimate of drug-likeness (QED) is 0.379. The third-order valence-corrected chi connectivity index (χ3v) is 7.97. The number of likely N-dealkylation sites (N-methyl/N-ethyl adjacent to an activating group) is 1. The van der Waals surface area contributed by atoms with Gasteiger partial charge in [-0.05, 0) is 55.8 Å². The lowest BCUT2D eigenvalue weighted by molar-refractivity contribution is -0.139. The van der Waals surface area contributed by atoms with E-state index in [2.05, 4.69) is 5.32 Å². The molecular weight excluding hydrogens is 540 g/mol. The Hall–Kier alpha value is -3.14. The van der Waals surface area contributed by atoms with Crippen molar-refractivity contribution in [2.75, 3.05) is 17.4 Å². The molecule has 1 N–H and O–H groups in total. The molecule has 0 aliphatic heterocycles. The molecule has 196 valence electrons. The Kier molecular flexibility index (Phi) is 9.53. The first kappa shape index (κ1) is 28.4. The molecule has 0 saturated heterocycles. The molecule has 0 aliphatic rings. The molecule has 11 heteroatoms. The molecule has 1 atom stereocenters. The minimum Gasteiger partial charge on any atom is -0.355 e. The summed E-state index contributed by atoms with van der Waals surface area (Å²) in [6.07, 6.45) is 0. The van der Waals surface area contributed by atoms with E-state index in [9.17, 15) is 22.4 Å². The number of amides is 2. The lowest BCUT2D eigenvalue weighted by atomic mass is 10.1. The highest BCUT2D eigenvalue weighted by Gasteiger charge is 2.33. The molecule has 0 heterocycles. The minimum absolute atomic E-state index is 0.108. The fourth-order valence-corrected chi connectivity index (χ4v) is 5.54. The Morgan fingerprint density at radius 3 is 2.27 bits per heavy atom. The van der Waals surface area contributed by atoms with E-state index in [-0.39, 0.29) is 22.2 Å². The third-order valence-electron chi connectivity index (χ3n) is 5.61. The van der Waals surface area contributed by atoms with E-state index < -0.39 is 40.2 Å². The average molecular weight is 566 g/mol. The molecule has 0 bridgehead atoms. The molecule has 1 unspecified atom stereocenters. The van der Waals surface area contributed by atoms with Crippen LogP contribution in [0.5, 0.6) is 0 Å². The molecule has 3 rings (SSSR count). The van der Waals surface area contributed by atoms with Gasteiger partial charge < -0.3 is 10.2 Å². The summed E-state index contributed by atoms with van der Waals surface area (Å²) >= 11 is 12.3. The second-order valence-corrected chi connectivity index (χ2v) is 10.8. The number of para-hydroxylation sites is 1. The van der Waals surface area contributed by atoms with Crippen LogP contribution < -0.4 is 9.62 Å². The van der Waals surface area contributed by atoms with Crippen molar-refractivity contribution in [3.63, 3.8) is 0 Å². The summed E-state index contributed by atoms with van der Waals surface area (Å²) in [5, 5.41) is 3.33. The van der Waals surface area contributed by atoms with Gasteiger partial charge in [0.05, 0.1) is 10.6 Å². The lowest BCUT2D eigenvalue weighted by Gasteiger charge is -2.32. The Balaban J connectivity index is 2.05. The Morgan fingerprint density at radius 2 is 1.65 bits per heavy atom. The van der Waals surface area contributed by atoms with Gasteiger partial charge in [-0.15, -0.1) is 0 Å². The molecule has 0 saturated carbocycles. The number of benzene rings is 3. The van der Waals surface area contributed by atoms with E-state index in [1.54, 1.807) is 25.1 Å². The van der Waals surface area contributed by atoms with E-state index in [1.807, 2.05) is 0 Å². The fourth-order valence-electron chi connectivity index (χ4n) is 3.62. The molecule has 2 amide bonds. The van der Waals surface area contributed by atoms with Gasteiger partial charge in [-0.3, -0.25) is 13.9 Å². The van der Waals surface area contributed by atoms with Gasteiger partial charge in [-0.25, -0.2) is 12.8 Å². The van der Waals surface area contributed by atoms with Crippen molar-refractivity contribution in [3.05, 3.63) is 94.2 Å². The number of hydrogen-bond donors (Lipinski definition) is 1. The maximum atomic E-state index is 14.8. The minimum atomic E-state index is -4.35. The number of nitrogens with zero attached hydrogens (tertiary/aromatic N) is 2. The summed E-state index contributed by atoms with van der Waals surface area (Å²) in [7, 11) is -4.35. The molecule has 3 aromatic carbocycles. The molecule has 0 aromatic heterocycles. The molecule has 0 aliphatic carbocycles. The van der Waals surface area contributed by atoms with Crippen molar-refractivity contribution in [3.8, 4) is 0 Å². The topological polar surface area (TPSA) is 86.8 Å². The molecule has 0 radical (unpaired) electrons. The second kappa shape index (κ2) is 12.4. The summed E-state index contributed by atoms with van der Waals surface area (Å²) < 4.78 is 42.7. The smallest absolute Gasteiger partial charge is 0.264 e. The zero-order chi connectivity index (χ0) is 27.2. The van der Waals surface area contributed by atoms with Crippen molar-refractivity contribution in [2.24, 2.45) is 0 Å². The Labute approximate surface area is 225 Å². The van der Waals surface area contributed by atoms with E-state index >= 15 is 0 Å². The van der Waals surface area contributed by atoms with E-state index in [0.29, 0.717) is 21.4 Å². The van der Waals surface area contributed by atoms with Gasteiger partial charge in [0.25, 0.3) is 10.0 Å². The first-order chi connectivity index (χ1) is 17.6. The van der Waals surface area contributed by atoms with Crippen LogP contribution in [0, 0.1) is 5.82 Å². The van der Waals surface area contributed by atoms with Crippen LogP contribution in [-0.2, 0) is 26.2 Å². The second-order valence-electron chi connectivity index (χ2n) is 8.10. The highest BCUT2D eigenvalue weighted by Crippen LogP contribution is 2.28. The lowest BCUT2D eigenvalue weighted by Crippen LogP contribution is -2.51. The van der Waals surface area contributed by atoms with Gasteiger partial charge in [-0.1, -0.05) is 59.6 Å². The van der Waals surface area contributed by atoms with Crippen LogP contribution in [0.25, 0.3) is 0 Å².